The highest BCUT2D eigenvalue weighted by Gasteiger charge is 2.25. The maximum absolute atomic E-state index is 11.6. The van der Waals surface area contributed by atoms with Crippen molar-refractivity contribution >= 4 is 17.9 Å². The number of benzene rings is 1. The van der Waals surface area contributed by atoms with Crippen LogP contribution in [0.4, 0.5) is 0 Å². The van der Waals surface area contributed by atoms with E-state index in [1.165, 1.54) is 11.1 Å². The standard InChI is InChI=1S/C18H29NO2S/c1-8-21-16(20)12-14-9-10-15(13(2)11-14)18(6,7)19-22-17(3,4)5/h9-11,19H,8,12H2,1-7H3. The second-order valence-corrected chi connectivity index (χ2v) is 8.71. The summed E-state index contributed by atoms with van der Waals surface area (Å²) in [5.74, 6) is -0.171. The predicted molar refractivity (Wildman–Crippen MR) is 95.0 cm³/mol. The fourth-order valence-corrected chi connectivity index (χ4v) is 2.92. The molecule has 0 aliphatic heterocycles. The minimum absolute atomic E-state index is 0.134. The van der Waals surface area contributed by atoms with Crippen LogP contribution in [-0.4, -0.2) is 17.3 Å². The van der Waals surface area contributed by atoms with Crippen LogP contribution in [0.5, 0.6) is 0 Å². The quantitative estimate of drug-likeness (QED) is 0.623. The van der Waals surface area contributed by atoms with Crippen LogP contribution in [-0.2, 0) is 21.5 Å². The predicted octanol–water partition coefficient (Wildman–Crippen LogP) is 4.37. The maximum atomic E-state index is 11.6. The Bertz CT molecular complexity index is 518. The van der Waals surface area contributed by atoms with Gasteiger partial charge in [-0.05, 0) is 65.2 Å². The van der Waals surface area contributed by atoms with Crippen molar-refractivity contribution in [3.05, 3.63) is 34.9 Å². The van der Waals surface area contributed by atoms with Gasteiger partial charge in [0.15, 0.2) is 0 Å². The molecule has 0 heterocycles. The third kappa shape index (κ3) is 6.01. The molecule has 0 aliphatic carbocycles. The zero-order valence-electron chi connectivity index (χ0n) is 14.9. The third-order valence-electron chi connectivity index (χ3n) is 3.23. The zero-order chi connectivity index (χ0) is 17.0. The summed E-state index contributed by atoms with van der Waals surface area (Å²) in [5, 5.41) is 0. The summed E-state index contributed by atoms with van der Waals surface area (Å²) in [6.07, 6.45) is 0.333. The number of ether oxygens (including phenoxy) is 1. The Kier molecular flexibility index (Phi) is 6.50. The van der Waals surface area contributed by atoms with Gasteiger partial charge in [0.2, 0.25) is 0 Å². The molecule has 1 rings (SSSR count). The van der Waals surface area contributed by atoms with Gasteiger partial charge in [0, 0.05) is 10.3 Å². The van der Waals surface area contributed by atoms with Gasteiger partial charge in [-0.15, -0.1) is 0 Å². The van der Waals surface area contributed by atoms with Gasteiger partial charge < -0.3 is 4.74 Å². The second-order valence-electron chi connectivity index (χ2n) is 7.07. The van der Waals surface area contributed by atoms with Crippen LogP contribution in [0, 0.1) is 6.92 Å². The summed E-state index contributed by atoms with van der Waals surface area (Å²) >= 11 is 1.74. The SMILES string of the molecule is CCOC(=O)Cc1ccc(C(C)(C)NSC(C)(C)C)c(C)c1. The van der Waals surface area contributed by atoms with Crippen LogP contribution in [0.1, 0.15) is 58.2 Å². The molecule has 0 aromatic heterocycles. The molecule has 0 fully saturated rings. The Hall–Kier alpha value is -1.00. The fourth-order valence-electron chi connectivity index (χ4n) is 2.25. The first kappa shape index (κ1) is 19.0. The first-order chi connectivity index (χ1) is 10.0. The largest absolute Gasteiger partial charge is 0.466 e. The highest BCUT2D eigenvalue weighted by molar-refractivity contribution is 7.98. The van der Waals surface area contributed by atoms with Crippen molar-refractivity contribution in [2.24, 2.45) is 0 Å². The monoisotopic (exact) mass is 323 g/mol. The maximum Gasteiger partial charge on any atom is 0.310 e. The number of carbonyl (C=O) groups excluding carboxylic acids is 1. The molecule has 0 atom stereocenters. The number of esters is 1. The van der Waals surface area contributed by atoms with Crippen LogP contribution in [0.3, 0.4) is 0 Å². The summed E-state index contributed by atoms with van der Waals surface area (Å²) in [7, 11) is 0. The van der Waals surface area contributed by atoms with Gasteiger partial charge in [-0.2, -0.15) is 0 Å². The number of hydrogen-bond acceptors (Lipinski definition) is 4. The van der Waals surface area contributed by atoms with Crippen molar-refractivity contribution in [2.45, 2.75) is 65.2 Å². The second kappa shape index (κ2) is 7.51. The summed E-state index contributed by atoms with van der Waals surface area (Å²) < 4.78 is 8.73. The molecule has 3 nitrogen and oxygen atoms in total. The van der Waals surface area contributed by atoms with E-state index in [4.69, 9.17) is 4.74 Å². The van der Waals surface area contributed by atoms with Gasteiger partial charge in [-0.1, -0.05) is 30.1 Å². The Morgan fingerprint density at radius 2 is 1.86 bits per heavy atom. The Balaban J connectivity index is 2.86. The van der Waals surface area contributed by atoms with E-state index in [9.17, 15) is 4.79 Å². The fraction of sp³-hybridized carbons (Fsp3) is 0.611. The molecule has 1 N–H and O–H groups in total. The van der Waals surface area contributed by atoms with E-state index >= 15 is 0 Å². The van der Waals surface area contributed by atoms with Gasteiger partial charge >= 0.3 is 5.97 Å². The van der Waals surface area contributed by atoms with Gasteiger partial charge in [0.05, 0.1) is 13.0 Å². The smallest absolute Gasteiger partial charge is 0.310 e. The number of carbonyl (C=O) groups is 1. The lowest BCUT2D eigenvalue weighted by Gasteiger charge is -2.31. The molecule has 0 amide bonds. The van der Waals surface area contributed by atoms with E-state index in [2.05, 4.69) is 58.4 Å². The molecule has 1 aromatic rings. The van der Waals surface area contributed by atoms with Crippen molar-refractivity contribution in [3.8, 4) is 0 Å². The van der Waals surface area contributed by atoms with Crippen molar-refractivity contribution in [1.29, 1.82) is 0 Å². The molecule has 0 saturated heterocycles. The first-order valence-corrected chi connectivity index (χ1v) is 8.57. The van der Waals surface area contributed by atoms with E-state index in [-0.39, 0.29) is 16.3 Å². The average molecular weight is 324 g/mol. The van der Waals surface area contributed by atoms with E-state index in [0.29, 0.717) is 13.0 Å². The van der Waals surface area contributed by atoms with E-state index in [1.807, 2.05) is 13.0 Å². The number of aryl methyl sites for hydroxylation is 1. The minimum atomic E-state index is -0.171. The molecule has 0 unspecified atom stereocenters. The molecule has 0 aliphatic rings. The Morgan fingerprint density at radius 3 is 2.36 bits per heavy atom. The van der Waals surface area contributed by atoms with Gasteiger partial charge in [-0.3, -0.25) is 9.52 Å². The van der Waals surface area contributed by atoms with Crippen molar-refractivity contribution in [1.82, 2.24) is 4.72 Å². The molecular weight excluding hydrogens is 294 g/mol. The van der Waals surface area contributed by atoms with Crippen LogP contribution in [0.15, 0.2) is 18.2 Å². The Morgan fingerprint density at radius 1 is 1.23 bits per heavy atom. The molecule has 0 bridgehead atoms. The van der Waals surface area contributed by atoms with Crippen LogP contribution < -0.4 is 4.72 Å². The molecule has 0 saturated carbocycles. The van der Waals surface area contributed by atoms with Gasteiger partial charge in [0.25, 0.3) is 0 Å². The third-order valence-corrected chi connectivity index (χ3v) is 4.46. The summed E-state index contributed by atoms with van der Waals surface area (Å²) in [4.78, 5) is 11.6. The number of hydrogen-bond donors (Lipinski definition) is 1. The zero-order valence-corrected chi connectivity index (χ0v) is 15.7. The van der Waals surface area contributed by atoms with E-state index < -0.39 is 0 Å². The Labute approximate surface area is 139 Å². The average Bonchev–Trinajstić information content (AvgIpc) is 2.36. The van der Waals surface area contributed by atoms with E-state index in [1.54, 1.807) is 11.9 Å². The summed E-state index contributed by atoms with van der Waals surface area (Å²) in [6, 6.07) is 6.21. The lowest BCUT2D eigenvalue weighted by Crippen LogP contribution is -2.35. The molecule has 0 radical (unpaired) electrons. The van der Waals surface area contributed by atoms with Crippen molar-refractivity contribution in [3.63, 3.8) is 0 Å². The lowest BCUT2D eigenvalue weighted by molar-refractivity contribution is -0.142. The first-order valence-electron chi connectivity index (χ1n) is 7.76. The van der Waals surface area contributed by atoms with Crippen LogP contribution >= 0.6 is 11.9 Å². The van der Waals surface area contributed by atoms with Crippen molar-refractivity contribution < 1.29 is 9.53 Å². The molecule has 1 aromatic carbocycles. The summed E-state index contributed by atoms with van der Waals surface area (Å²) in [6.45, 7) is 15.3. The highest BCUT2D eigenvalue weighted by atomic mass is 32.2. The van der Waals surface area contributed by atoms with Crippen LogP contribution in [0.2, 0.25) is 0 Å². The molecule has 22 heavy (non-hydrogen) atoms. The highest BCUT2D eigenvalue weighted by Crippen LogP contribution is 2.30. The molecule has 4 heteroatoms. The van der Waals surface area contributed by atoms with E-state index in [0.717, 1.165) is 5.56 Å². The summed E-state index contributed by atoms with van der Waals surface area (Å²) in [5.41, 5.74) is 3.30. The topological polar surface area (TPSA) is 38.3 Å². The molecule has 0 spiro atoms. The molecule has 124 valence electrons. The lowest BCUT2D eigenvalue weighted by atomic mass is 9.90. The molecular formula is C18H29NO2S. The number of rotatable bonds is 6. The van der Waals surface area contributed by atoms with Gasteiger partial charge in [-0.25, -0.2) is 0 Å². The van der Waals surface area contributed by atoms with Crippen LogP contribution in [0.25, 0.3) is 0 Å². The number of nitrogens with one attached hydrogen (secondary N) is 1. The normalized spacial score (nSPS) is 12.3. The minimum Gasteiger partial charge on any atom is -0.466 e. The van der Waals surface area contributed by atoms with Crippen molar-refractivity contribution in [2.75, 3.05) is 6.61 Å². The van der Waals surface area contributed by atoms with Gasteiger partial charge in [0.1, 0.15) is 0 Å².